The van der Waals surface area contributed by atoms with Gasteiger partial charge in [-0.05, 0) is 24.8 Å². The van der Waals surface area contributed by atoms with Crippen LogP contribution in [0, 0.1) is 26.1 Å². The third-order valence-electron chi connectivity index (χ3n) is 3.36. The van der Waals surface area contributed by atoms with Crippen LogP contribution in [-0.4, -0.2) is 15.6 Å². The van der Waals surface area contributed by atoms with Crippen LogP contribution in [-0.2, 0) is 0 Å². The minimum Gasteiger partial charge on any atom is -0.272 e. The molecule has 8 heteroatoms. The molecule has 120 valence electrons. The molecule has 1 atom stereocenters. The summed E-state index contributed by atoms with van der Waals surface area (Å²) in [5.74, 6) is 0.277. The third kappa shape index (κ3) is 4.51. The Morgan fingerprint density at radius 1 is 1.27 bits per heavy atom. The molecule has 0 spiro atoms. The number of hydrazone groups is 1. The quantitative estimate of drug-likeness (QED) is 0.441. The van der Waals surface area contributed by atoms with Crippen LogP contribution < -0.4 is 5.43 Å². The average Bonchev–Trinajstić information content (AvgIpc) is 2.47. The third-order valence-corrected chi connectivity index (χ3v) is 3.36. The molecule has 0 aliphatic heterocycles. The van der Waals surface area contributed by atoms with Gasteiger partial charge in [-0.25, -0.2) is 0 Å². The highest BCUT2D eigenvalue weighted by Crippen LogP contribution is 2.29. The largest absolute Gasteiger partial charge is 0.301 e. The van der Waals surface area contributed by atoms with Gasteiger partial charge in [0.25, 0.3) is 5.69 Å². The zero-order chi connectivity index (χ0) is 16.7. The maximum absolute atomic E-state index is 11.0. The lowest BCUT2D eigenvalue weighted by Crippen LogP contribution is -2.12. The van der Waals surface area contributed by atoms with Crippen molar-refractivity contribution in [3.05, 3.63) is 38.4 Å². The van der Waals surface area contributed by atoms with Crippen LogP contribution in [0.2, 0.25) is 0 Å². The minimum atomic E-state index is -0.666. The van der Waals surface area contributed by atoms with E-state index in [1.165, 1.54) is 12.1 Å². The van der Waals surface area contributed by atoms with Gasteiger partial charge in [0, 0.05) is 11.8 Å². The van der Waals surface area contributed by atoms with Crippen molar-refractivity contribution in [3.8, 4) is 0 Å². The summed E-state index contributed by atoms with van der Waals surface area (Å²) in [6.07, 6.45) is 2.74. The van der Waals surface area contributed by atoms with E-state index in [-0.39, 0.29) is 23.0 Å². The molecule has 0 aliphatic carbocycles. The van der Waals surface area contributed by atoms with E-state index < -0.39 is 9.85 Å². The molecule has 8 nitrogen and oxygen atoms in total. The number of hydrogen-bond donors (Lipinski definition) is 1. The highest BCUT2D eigenvalue weighted by Gasteiger charge is 2.19. The molecule has 1 N–H and O–H groups in total. The van der Waals surface area contributed by atoms with Crippen molar-refractivity contribution in [1.82, 2.24) is 0 Å². The van der Waals surface area contributed by atoms with Crippen LogP contribution in [0.25, 0.3) is 0 Å². The Morgan fingerprint density at radius 3 is 2.45 bits per heavy atom. The van der Waals surface area contributed by atoms with E-state index in [9.17, 15) is 20.2 Å². The Hall–Kier alpha value is -2.51. The average molecular weight is 308 g/mol. The molecule has 0 fully saturated rings. The van der Waals surface area contributed by atoms with E-state index in [2.05, 4.69) is 24.4 Å². The van der Waals surface area contributed by atoms with E-state index >= 15 is 0 Å². The van der Waals surface area contributed by atoms with Gasteiger partial charge in [0.05, 0.1) is 15.9 Å². The molecule has 1 aromatic rings. The fraction of sp³-hybridized carbons (Fsp3) is 0.500. The number of nitro benzene ring substituents is 2. The van der Waals surface area contributed by atoms with Crippen molar-refractivity contribution < 1.29 is 9.85 Å². The van der Waals surface area contributed by atoms with Gasteiger partial charge in [0.1, 0.15) is 5.69 Å². The molecule has 1 unspecified atom stereocenters. The first-order valence-electron chi connectivity index (χ1n) is 7.15. The van der Waals surface area contributed by atoms with Crippen LogP contribution in [0.3, 0.4) is 0 Å². The summed E-state index contributed by atoms with van der Waals surface area (Å²) < 4.78 is 0. The molecular formula is C14H20N4O4. The molecular weight excluding hydrogens is 288 g/mol. The molecule has 0 radical (unpaired) electrons. The summed E-state index contributed by atoms with van der Waals surface area (Å²) >= 11 is 0. The van der Waals surface area contributed by atoms with Crippen molar-refractivity contribution in [2.75, 3.05) is 5.43 Å². The molecule has 0 heterocycles. The van der Waals surface area contributed by atoms with Gasteiger partial charge in [-0.2, -0.15) is 5.10 Å². The Morgan fingerprint density at radius 2 is 1.95 bits per heavy atom. The van der Waals surface area contributed by atoms with Gasteiger partial charge in [-0.15, -0.1) is 0 Å². The van der Waals surface area contributed by atoms with E-state index in [0.717, 1.165) is 31.0 Å². The number of non-ortho nitro benzene ring substituents is 1. The first-order valence-corrected chi connectivity index (χ1v) is 7.15. The predicted octanol–water partition coefficient (Wildman–Crippen LogP) is 4.12. The number of nitro groups is 2. The molecule has 0 amide bonds. The smallest absolute Gasteiger partial charge is 0.272 e. The summed E-state index contributed by atoms with van der Waals surface area (Å²) in [7, 11) is 0. The molecule has 1 rings (SSSR count). The van der Waals surface area contributed by atoms with Crippen LogP contribution in [0.5, 0.6) is 0 Å². The van der Waals surface area contributed by atoms with E-state index in [0.29, 0.717) is 0 Å². The maximum Gasteiger partial charge on any atom is 0.301 e. The Balaban J connectivity index is 3.06. The second kappa shape index (κ2) is 8.06. The summed E-state index contributed by atoms with van der Waals surface area (Å²) in [5, 5.41) is 26.0. The lowest BCUT2D eigenvalue weighted by atomic mass is 9.99. The molecule has 0 aliphatic rings. The first-order chi connectivity index (χ1) is 10.4. The van der Waals surface area contributed by atoms with Crippen molar-refractivity contribution in [2.24, 2.45) is 11.0 Å². The number of nitrogens with one attached hydrogen (secondary N) is 1. The highest BCUT2D eigenvalue weighted by atomic mass is 16.6. The highest BCUT2D eigenvalue weighted by molar-refractivity contribution is 5.87. The second-order valence-corrected chi connectivity index (χ2v) is 4.97. The van der Waals surface area contributed by atoms with Crippen LogP contribution in [0.4, 0.5) is 17.1 Å². The molecule has 1 aromatic carbocycles. The minimum absolute atomic E-state index is 0.144. The van der Waals surface area contributed by atoms with Crippen molar-refractivity contribution in [3.63, 3.8) is 0 Å². The Kier molecular flexibility index (Phi) is 6.43. The first kappa shape index (κ1) is 17.5. The summed E-state index contributed by atoms with van der Waals surface area (Å²) in [4.78, 5) is 20.4. The summed E-state index contributed by atoms with van der Waals surface area (Å²) in [5.41, 5.74) is 3.04. The van der Waals surface area contributed by atoms with Crippen LogP contribution in [0.1, 0.15) is 40.0 Å². The number of nitrogens with zero attached hydrogens (tertiary/aromatic N) is 3. The van der Waals surface area contributed by atoms with Gasteiger partial charge in [0.15, 0.2) is 0 Å². The molecule has 22 heavy (non-hydrogen) atoms. The topological polar surface area (TPSA) is 111 Å². The number of benzene rings is 1. The lowest BCUT2D eigenvalue weighted by molar-refractivity contribution is -0.393. The molecule has 0 bridgehead atoms. The maximum atomic E-state index is 11.0. The number of rotatable bonds is 8. The second-order valence-electron chi connectivity index (χ2n) is 4.97. The van der Waals surface area contributed by atoms with Gasteiger partial charge in [-0.1, -0.05) is 27.2 Å². The Bertz CT molecular complexity index is 586. The van der Waals surface area contributed by atoms with Crippen molar-refractivity contribution in [1.29, 1.82) is 0 Å². The SMILES string of the molecule is CCCC(C)C(CC)=NNc1ccc([N+](=O)[O-])cc1[N+](=O)[O-]. The zero-order valence-corrected chi connectivity index (χ0v) is 12.9. The summed E-state index contributed by atoms with van der Waals surface area (Å²) in [6, 6.07) is 3.45. The van der Waals surface area contributed by atoms with Gasteiger partial charge in [0.2, 0.25) is 0 Å². The van der Waals surface area contributed by atoms with Crippen molar-refractivity contribution in [2.45, 2.75) is 40.0 Å². The normalized spacial score (nSPS) is 12.8. The molecule has 0 saturated carbocycles. The predicted molar refractivity (Wildman–Crippen MR) is 85.2 cm³/mol. The van der Waals surface area contributed by atoms with E-state index in [1.54, 1.807) is 0 Å². The summed E-state index contributed by atoms with van der Waals surface area (Å²) in [6.45, 7) is 6.10. The monoisotopic (exact) mass is 308 g/mol. The van der Waals surface area contributed by atoms with Crippen LogP contribution in [0.15, 0.2) is 23.3 Å². The van der Waals surface area contributed by atoms with Gasteiger partial charge in [-0.3, -0.25) is 25.7 Å². The lowest BCUT2D eigenvalue weighted by Gasteiger charge is -2.12. The van der Waals surface area contributed by atoms with E-state index in [4.69, 9.17) is 0 Å². The van der Waals surface area contributed by atoms with Gasteiger partial charge >= 0.3 is 5.69 Å². The van der Waals surface area contributed by atoms with E-state index in [1.807, 2.05) is 6.92 Å². The van der Waals surface area contributed by atoms with Crippen LogP contribution >= 0.6 is 0 Å². The zero-order valence-electron chi connectivity index (χ0n) is 12.9. The Labute approximate surface area is 128 Å². The van der Waals surface area contributed by atoms with Crippen molar-refractivity contribution >= 4 is 22.8 Å². The fourth-order valence-corrected chi connectivity index (χ4v) is 2.15. The molecule has 0 saturated heterocycles. The number of hydrogen-bond acceptors (Lipinski definition) is 6. The van der Waals surface area contributed by atoms with Gasteiger partial charge < -0.3 is 0 Å². The standard InChI is InChI=1S/C14H20N4O4/c1-4-6-10(3)12(5-2)15-16-13-8-7-11(17(19)20)9-14(13)18(21)22/h7-10,16H,4-6H2,1-3H3. The molecule has 0 aromatic heterocycles. The fourth-order valence-electron chi connectivity index (χ4n) is 2.15. The number of anilines is 1.